The van der Waals surface area contributed by atoms with Crippen molar-refractivity contribution in [2.75, 3.05) is 6.54 Å². The molecule has 1 aromatic carbocycles. The van der Waals surface area contributed by atoms with Crippen LogP contribution >= 0.6 is 0 Å². The van der Waals surface area contributed by atoms with Crippen molar-refractivity contribution < 1.29 is 17.2 Å². The molecule has 0 fully saturated rings. The first-order valence-corrected chi connectivity index (χ1v) is 6.55. The molecule has 0 aromatic heterocycles. The van der Waals surface area contributed by atoms with Crippen molar-refractivity contribution in [2.45, 2.75) is 24.3 Å². The van der Waals surface area contributed by atoms with E-state index >= 15 is 0 Å². The summed E-state index contributed by atoms with van der Waals surface area (Å²) in [5.41, 5.74) is 5.54. The van der Waals surface area contributed by atoms with Crippen LogP contribution in [0, 0.1) is 11.6 Å². The minimum atomic E-state index is -3.98. The Morgan fingerprint density at radius 2 is 2.06 bits per heavy atom. The predicted octanol–water partition coefficient (Wildman–Crippen LogP) is 0.980. The van der Waals surface area contributed by atoms with Gasteiger partial charge in [0.05, 0.1) is 0 Å². The number of rotatable bonds is 5. The first-order chi connectivity index (χ1) is 7.86. The Labute approximate surface area is 98.9 Å². The highest BCUT2D eigenvalue weighted by Gasteiger charge is 2.19. The van der Waals surface area contributed by atoms with Gasteiger partial charge in [0.1, 0.15) is 16.5 Å². The van der Waals surface area contributed by atoms with Gasteiger partial charge in [-0.15, -0.1) is 0 Å². The largest absolute Gasteiger partial charge is 0.327 e. The summed E-state index contributed by atoms with van der Waals surface area (Å²) in [5.74, 6) is -1.95. The van der Waals surface area contributed by atoms with Crippen LogP contribution in [0.2, 0.25) is 0 Å². The van der Waals surface area contributed by atoms with Crippen molar-refractivity contribution in [3.8, 4) is 0 Å². The molecule has 0 aliphatic heterocycles. The molecule has 7 heteroatoms. The third-order valence-electron chi connectivity index (χ3n) is 2.24. The van der Waals surface area contributed by atoms with Gasteiger partial charge in [0.2, 0.25) is 10.0 Å². The Morgan fingerprint density at radius 3 is 2.59 bits per heavy atom. The third-order valence-corrected chi connectivity index (χ3v) is 3.70. The highest BCUT2D eigenvalue weighted by atomic mass is 32.2. The lowest BCUT2D eigenvalue weighted by atomic mass is 10.2. The Kier molecular flexibility index (Phi) is 4.55. The first-order valence-electron chi connectivity index (χ1n) is 5.07. The van der Waals surface area contributed by atoms with Crippen LogP contribution in [0.15, 0.2) is 23.1 Å². The smallest absolute Gasteiger partial charge is 0.243 e. The van der Waals surface area contributed by atoms with Crippen molar-refractivity contribution in [3.63, 3.8) is 0 Å². The second-order valence-electron chi connectivity index (χ2n) is 3.59. The first kappa shape index (κ1) is 14.0. The topological polar surface area (TPSA) is 72.2 Å². The number of hydrogen-bond donors (Lipinski definition) is 2. The maximum Gasteiger partial charge on any atom is 0.243 e. The van der Waals surface area contributed by atoms with Crippen LogP contribution in [-0.2, 0) is 10.0 Å². The molecule has 3 N–H and O–H groups in total. The van der Waals surface area contributed by atoms with Crippen LogP contribution in [0.1, 0.15) is 13.3 Å². The number of hydrogen-bond acceptors (Lipinski definition) is 3. The second kappa shape index (κ2) is 5.52. The van der Waals surface area contributed by atoms with E-state index in [0.717, 1.165) is 12.1 Å². The van der Waals surface area contributed by atoms with Gasteiger partial charge in [-0.25, -0.2) is 21.9 Å². The van der Waals surface area contributed by atoms with Crippen LogP contribution in [-0.4, -0.2) is 21.0 Å². The molecular weight excluding hydrogens is 250 g/mol. The average molecular weight is 264 g/mol. The fourth-order valence-corrected chi connectivity index (χ4v) is 2.28. The maximum absolute atomic E-state index is 13.3. The van der Waals surface area contributed by atoms with E-state index in [-0.39, 0.29) is 12.6 Å². The van der Waals surface area contributed by atoms with E-state index in [1.54, 1.807) is 6.92 Å². The van der Waals surface area contributed by atoms with Gasteiger partial charge in [0.25, 0.3) is 0 Å². The quantitative estimate of drug-likeness (QED) is 0.832. The minimum Gasteiger partial charge on any atom is -0.327 e. The molecular formula is C10H14F2N2O2S. The number of nitrogens with two attached hydrogens (primary N) is 1. The van der Waals surface area contributed by atoms with Gasteiger partial charge in [0.15, 0.2) is 0 Å². The molecule has 0 saturated heterocycles. The van der Waals surface area contributed by atoms with Gasteiger partial charge in [-0.2, -0.15) is 0 Å². The van der Waals surface area contributed by atoms with Gasteiger partial charge in [-0.05, 0) is 18.6 Å². The number of halogens is 2. The van der Waals surface area contributed by atoms with Gasteiger partial charge >= 0.3 is 0 Å². The monoisotopic (exact) mass is 264 g/mol. The molecule has 0 bridgehead atoms. The van der Waals surface area contributed by atoms with Crippen molar-refractivity contribution in [3.05, 3.63) is 29.8 Å². The molecule has 4 nitrogen and oxygen atoms in total. The van der Waals surface area contributed by atoms with Gasteiger partial charge in [-0.3, -0.25) is 0 Å². The van der Waals surface area contributed by atoms with E-state index in [0.29, 0.717) is 12.5 Å². The van der Waals surface area contributed by atoms with Crippen molar-refractivity contribution in [2.24, 2.45) is 5.73 Å². The average Bonchev–Trinajstić information content (AvgIpc) is 2.25. The Morgan fingerprint density at radius 1 is 1.41 bits per heavy atom. The highest BCUT2D eigenvalue weighted by Crippen LogP contribution is 2.15. The van der Waals surface area contributed by atoms with Crippen molar-refractivity contribution >= 4 is 10.0 Å². The molecule has 0 spiro atoms. The fourth-order valence-electron chi connectivity index (χ4n) is 1.13. The Balaban J connectivity index is 2.90. The summed E-state index contributed by atoms with van der Waals surface area (Å²) in [6.45, 7) is 1.81. The number of nitrogens with one attached hydrogen (secondary N) is 1. The standard InChI is InChI=1S/C10H14F2N2O2S/c1-2-8(13)6-14-17(15,16)10-4-3-7(11)5-9(10)12/h3-5,8,14H,2,6,13H2,1H3. The molecule has 1 aromatic rings. The van der Waals surface area contributed by atoms with Crippen LogP contribution in [0.4, 0.5) is 8.78 Å². The molecule has 96 valence electrons. The third kappa shape index (κ3) is 3.72. The molecule has 0 saturated carbocycles. The van der Waals surface area contributed by atoms with Crippen LogP contribution in [0.5, 0.6) is 0 Å². The van der Waals surface area contributed by atoms with E-state index < -0.39 is 26.6 Å². The van der Waals surface area contributed by atoms with E-state index in [1.807, 2.05) is 0 Å². The zero-order valence-corrected chi connectivity index (χ0v) is 10.1. The van der Waals surface area contributed by atoms with Gasteiger partial charge in [0, 0.05) is 18.7 Å². The highest BCUT2D eigenvalue weighted by molar-refractivity contribution is 7.89. The van der Waals surface area contributed by atoms with Gasteiger partial charge < -0.3 is 5.73 Å². The molecule has 0 aliphatic rings. The lowest BCUT2D eigenvalue weighted by Crippen LogP contribution is -2.37. The summed E-state index contributed by atoms with van der Waals surface area (Å²) in [6.07, 6.45) is 0.592. The molecule has 1 atom stereocenters. The Bertz CT molecular complexity index is 491. The second-order valence-corrected chi connectivity index (χ2v) is 5.33. The summed E-state index contributed by atoms with van der Waals surface area (Å²) in [4.78, 5) is -0.581. The fraction of sp³-hybridized carbons (Fsp3) is 0.400. The normalized spacial score (nSPS) is 13.6. The predicted molar refractivity (Wildman–Crippen MR) is 59.8 cm³/mol. The molecule has 1 unspecified atom stereocenters. The van der Waals surface area contributed by atoms with Crippen LogP contribution < -0.4 is 10.5 Å². The summed E-state index contributed by atoms with van der Waals surface area (Å²) < 4.78 is 51.4. The summed E-state index contributed by atoms with van der Waals surface area (Å²) in [6, 6.07) is 1.95. The molecule has 17 heavy (non-hydrogen) atoms. The summed E-state index contributed by atoms with van der Waals surface area (Å²) >= 11 is 0. The lowest BCUT2D eigenvalue weighted by Gasteiger charge is -2.11. The van der Waals surface area contributed by atoms with E-state index in [2.05, 4.69) is 4.72 Å². The molecule has 0 heterocycles. The molecule has 0 amide bonds. The van der Waals surface area contributed by atoms with Crippen LogP contribution in [0.3, 0.4) is 0 Å². The molecule has 1 rings (SSSR count). The molecule has 0 aliphatic carbocycles. The SMILES string of the molecule is CCC(N)CNS(=O)(=O)c1ccc(F)cc1F. The zero-order chi connectivity index (χ0) is 13.1. The van der Waals surface area contributed by atoms with E-state index in [9.17, 15) is 17.2 Å². The summed E-state index contributed by atoms with van der Waals surface area (Å²) in [5, 5.41) is 0. The zero-order valence-electron chi connectivity index (χ0n) is 9.28. The van der Waals surface area contributed by atoms with Crippen LogP contribution in [0.25, 0.3) is 0 Å². The maximum atomic E-state index is 13.3. The van der Waals surface area contributed by atoms with E-state index in [4.69, 9.17) is 5.73 Å². The number of benzene rings is 1. The Hall–Kier alpha value is -1.05. The molecule has 0 radical (unpaired) electrons. The summed E-state index contributed by atoms with van der Waals surface area (Å²) in [7, 11) is -3.98. The van der Waals surface area contributed by atoms with E-state index in [1.165, 1.54) is 0 Å². The van der Waals surface area contributed by atoms with Crippen molar-refractivity contribution in [1.29, 1.82) is 0 Å². The number of sulfonamides is 1. The van der Waals surface area contributed by atoms with Crippen molar-refractivity contribution in [1.82, 2.24) is 4.72 Å². The minimum absolute atomic E-state index is 0.00957. The lowest BCUT2D eigenvalue weighted by molar-refractivity contribution is 0.537. The van der Waals surface area contributed by atoms with Gasteiger partial charge in [-0.1, -0.05) is 6.92 Å².